The predicted octanol–water partition coefficient (Wildman–Crippen LogP) is 4.73. The molecule has 0 saturated carbocycles. The summed E-state index contributed by atoms with van der Waals surface area (Å²) in [6.45, 7) is 1.60. The van der Waals surface area contributed by atoms with Crippen LogP contribution in [0.1, 0.15) is 39.2 Å². The van der Waals surface area contributed by atoms with Crippen molar-refractivity contribution in [1.82, 2.24) is 4.98 Å². The molecule has 1 aliphatic rings. The van der Waals surface area contributed by atoms with Gasteiger partial charge in [0.1, 0.15) is 11.5 Å². The van der Waals surface area contributed by atoms with Crippen molar-refractivity contribution in [1.29, 1.82) is 0 Å². The number of aromatic nitrogens is 1. The molecule has 0 radical (unpaired) electrons. The van der Waals surface area contributed by atoms with Gasteiger partial charge in [-0.25, -0.2) is 9.78 Å². The second-order valence-electron chi connectivity index (χ2n) is 6.30. The Hall–Kier alpha value is -2.51. The van der Waals surface area contributed by atoms with Crippen LogP contribution in [0.15, 0.2) is 41.8 Å². The number of hydrogen-bond acceptors (Lipinski definition) is 6. The lowest BCUT2D eigenvalue weighted by Gasteiger charge is -2.17. The van der Waals surface area contributed by atoms with Crippen LogP contribution < -0.4 is 4.90 Å². The normalized spacial score (nSPS) is 12.6. The van der Waals surface area contributed by atoms with Gasteiger partial charge in [0.2, 0.25) is 5.91 Å². The average Bonchev–Trinajstić information content (AvgIpc) is 3.36. The lowest BCUT2D eigenvalue weighted by molar-refractivity contribution is -0.115. The number of fused-ring (bicyclic) bond motifs is 1. The monoisotopic (exact) mass is 398 g/mol. The van der Waals surface area contributed by atoms with E-state index in [0.29, 0.717) is 15.7 Å². The number of amides is 1. The number of carbonyl (C=O) groups excluding carboxylic acids is 2. The highest BCUT2D eigenvalue weighted by atomic mass is 32.1. The van der Waals surface area contributed by atoms with E-state index < -0.39 is 0 Å². The molecule has 3 aromatic rings. The summed E-state index contributed by atoms with van der Waals surface area (Å²) in [5.41, 5.74) is 2.67. The summed E-state index contributed by atoms with van der Waals surface area (Å²) >= 11 is 2.88. The van der Waals surface area contributed by atoms with Crippen LogP contribution in [0.25, 0.3) is 0 Å². The van der Waals surface area contributed by atoms with E-state index in [1.165, 1.54) is 46.5 Å². The van der Waals surface area contributed by atoms with Crippen molar-refractivity contribution in [3.8, 4) is 0 Å². The maximum Gasteiger partial charge on any atom is 0.348 e. The predicted molar refractivity (Wildman–Crippen MR) is 107 cm³/mol. The molecule has 0 fully saturated rings. The van der Waals surface area contributed by atoms with Crippen LogP contribution in [0, 0.1) is 0 Å². The quantitative estimate of drug-likeness (QED) is 0.583. The van der Waals surface area contributed by atoms with Crippen molar-refractivity contribution >= 4 is 45.4 Å². The Balaban J connectivity index is 1.44. The molecule has 138 valence electrons. The molecule has 0 unspecified atom stereocenters. The van der Waals surface area contributed by atoms with Gasteiger partial charge in [0.25, 0.3) is 0 Å². The summed E-state index contributed by atoms with van der Waals surface area (Å²) in [5.74, 6) is -0.428. The Morgan fingerprint density at radius 1 is 1.22 bits per heavy atom. The zero-order valence-electron chi connectivity index (χ0n) is 14.8. The first kappa shape index (κ1) is 17.9. The van der Waals surface area contributed by atoms with E-state index in [1.807, 2.05) is 41.8 Å². The standard InChI is InChI=1S/C20H18N2O3S2/c1-13(23)22(16-7-3-2-4-8-16)20-21-15(12-26-20)11-25-19(24)18-10-14-6-5-9-17(14)27-18/h2-4,7-8,10,12H,5-6,9,11H2,1H3. The topological polar surface area (TPSA) is 59.5 Å². The fraction of sp³-hybridized carbons (Fsp3) is 0.250. The largest absolute Gasteiger partial charge is 0.455 e. The van der Waals surface area contributed by atoms with Crippen LogP contribution in [0.4, 0.5) is 10.8 Å². The first-order valence-electron chi connectivity index (χ1n) is 8.70. The molecule has 0 spiro atoms. The van der Waals surface area contributed by atoms with Gasteiger partial charge in [0.05, 0.1) is 11.4 Å². The third-order valence-electron chi connectivity index (χ3n) is 4.36. The molecule has 1 aromatic carbocycles. The minimum Gasteiger partial charge on any atom is -0.455 e. The fourth-order valence-corrected chi connectivity index (χ4v) is 5.13. The van der Waals surface area contributed by atoms with Gasteiger partial charge in [-0.15, -0.1) is 22.7 Å². The third-order valence-corrected chi connectivity index (χ3v) is 6.45. The fourth-order valence-electron chi connectivity index (χ4n) is 3.11. The summed E-state index contributed by atoms with van der Waals surface area (Å²) in [7, 11) is 0. The molecule has 0 bridgehead atoms. The van der Waals surface area contributed by atoms with Crippen LogP contribution >= 0.6 is 22.7 Å². The smallest absolute Gasteiger partial charge is 0.348 e. The number of carbonyl (C=O) groups is 2. The molecule has 1 aliphatic carbocycles. The van der Waals surface area contributed by atoms with Crippen LogP contribution in [-0.2, 0) is 29.0 Å². The maximum absolute atomic E-state index is 12.3. The molecular formula is C20H18N2O3S2. The van der Waals surface area contributed by atoms with Gasteiger partial charge in [-0.3, -0.25) is 9.69 Å². The number of nitrogens with zero attached hydrogens (tertiary/aromatic N) is 2. The van der Waals surface area contributed by atoms with Gasteiger partial charge in [0, 0.05) is 17.2 Å². The van der Waals surface area contributed by atoms with Crippen LogP contribution in [0.2, 0.25) is 0 Å². The number of aryl methyl sites for hydroxylation is 2. The van der Waals surface area contributed by atoms with E-state index in [4.69, 9.17) is 4.74 Å². The van der Waals surface area contributed by atoms with Gasteiger partial charge in [0.15, 0.2) is 5.13 Å². The van der Waals surface area contributed by atoms with E-state index in [1.54, 1.807) is 4.90 Å². The summed E-state index contributed by atoms with van der Waals surface area (Å²) in [6, 6.07) is 11.3. The van der Waals surface area contributed by atoms with Crippen molar-refractivity contribution in [2.45, 2.75) is 32.8 Å². The van der Waals surface area contributed by atoms with Crippen LogP contribution in [-0.4, -0.2) is 16.9 Å². The molecule has 2 aromatic heterocycles. The van der Waals surface area contributed by atoms with Crippen molar-refractivity contribution in [3.05, 3.63) is 62.8 Å². The van der Waals surface area contributed by atoms with Crippen molar-refractivity contribution in [2.75, 3.05) is 4.90 Å². The van der Waals surface area contributed by atoms with Crippen molar-refractivity contribution in [3.63, 3.8) is 0 Å². The van der Waals surface area contributed by atoms with Crippen molar-refractivity contribution in [2.24, 2.45) is 0 Å². The molecule has 4 rings (SSSR count). The second kappa shape index (κ2) is 7.62. The van der Waals surface area contributed by atoms with Gasteiger partial charge < -0.3 is 4.74 Å². The minimum absolute atomic E-state index is 0.0957. The summed E-state index contributed by atoms with van der Waals surface area (Å²) in [5, 5.41) is 2.38. The lowest BCUT2D eigenvalue weighted by Crippen LogP contribution is -2.22. The minimum atomic E-state index is -0.310. The summed E-state index contributed by atoms with van der Waals surface area (Å²) in [4.78, 5) is 32.4. The number of thiophene rings is 1. The van der Waals surface area contributed by atoms with Gasteiger partial charge in [-0.05, 0) is 43.0 Å². The maximum atomic E-state index is 12.3. The number of esters is 1. The van der Waals surface area contributed by atoms with E-state index in [2.05, 4.69) is 4.98 Å². The van der Waals surface area contributed by atoms with Gasteiger partial charge >= 0.3 is 5.97 Å². The summed E-state index contributed by atoms with van der Waals surface area (Å²) in [6.07, 6.45) is 3.28. The third kappa shape index (κ3) is 3.79. The molecule has 0 atom stereocenters. The number of benzene rings is 1. The number of rotatable bonds is 5. The Morgan fingerprint density at radius 3 is 2.78 bits per heavy atom. The van der Waals surface area contributed by atoms with Gasteiger partial charge in [-0.1, -0.05) is 18.2 Å². The number of thiazole rings is 1. The zero-order chi connectivity index (χ0) is 18.8. The number of anilines is 2. The van der Waals surface area contributed by atoms with Crippen molar-refractivity contribution < 1.29 is 14.3 Å². The highest BCUT2D eigenvalue weighted by Gasteiger charge is 2.21. The number of hydrogen-bond donors (Lipinski definition) is 0. The Kier molecular flexibility index (Phi) is 5.05. The number of ether oxygens (including phenoxy) is 1. The summed E-state index contributed by atoms with van der Waals surface area (Å²) < 4.78 is 5.42. The average molecular weight is 399 g/mol. The molecule has 27 heavy (non-hydrogen) atoms. The molecule has 1 amide bonds. The first-order valence-corrected chi connectivity index (χ1v) is 10.4. The van der Waals surface area contributed by atoms with E-state index in [-0.39, 0.29) is 18.5 Å². The highest BCUT2D eigenvalue weighted by Crippen LogP contribution is 2.32. The second-order valence-corrected chi connectivity index (χ2v) is 8.27. The van der Waals surface area contributed by atoms with Gasteiger partial charge in [-0.2, -0.15) is 0 Å². The Labute approximate surface area is 165 Å². The lowest BCUT2D eigenvalue weighted by atomic mass is 10.2. The van der Waals surface area contributed by atoms with Crippen LogP contribution in [0.3, 0.4) is 0 Å². The van der Waals surface area contributed by atoms with E-state index in [9.17, 15) is 9.59 Å². The zero-order valence-corrected chi connectivity index (χ0v) is 16.4. The SMILES string of the molecule is CC(=O)N(c1ccccc1)c1nc(COC(=O)c2cc3c(s2)CCC3)cs1. The molecule has 5 nitrogen and oxygen atoms in total. The van der Waals surface area contributed by atoms with E-state index in [0.717, 1.165) is 18.5 Å². The first-order chi connectivity index (χ1) is 13.1. The Morgan fingerprint density at radius 2 is 2.04 bits per heavy atom. The highest BCUT2D eigenvalue weighted by molar-refractivity contribution is 7.14. The molecule has 2 heterocycles. The molecule has 0 aliphatic heterocycles. The molecular weight excluding hydrogens is 380 g/mol. The number of para-hydroxylation sites is 1. The Bertz CT molecular complexity index is 957. The molecule has 0 saturated heterocycles. The van der Waals surface area contributed by atoms with E-state index >= 15 is 0 Å². The molecule has 7 heteroatoms. The molecule has 0 N–H and O–H groups in total. The van der Waals surface area contributed by atoms with Crippen LogP contribution in [0.5, 0.6) is 0 Å².